The predicted octanol–water partition coefficient (Wildman–Crippen LogP) is 3.66. The lowest BCUT2D eigenvalue weighted by atomic mass is 9.87. The first-order chi connectivity index (χ1) is 22.2. The zero-order valence-corrected chi connectivity index (χ0v) is 29.2. The summed E-state index contributed by atoms with van der Waals surface area (Å²) in [7, 11) is 6.03. The highest BCUT2D eigenvalue weighted by Gasteiger charge is 2.33. The van der Waals surface area contributed by atoms with E-state index in [0.29, 0.717) is 29.4 Å². The molecule has 3 amide bonds. The summed E-state index contributed by atoms with van der Waals surface area (Å²) in [6.07, 6.45) is -1.53. The monoisotopic (exact) mass is 659 g/mol. The standard InChI is InChI=1S/C35H53N3O9/c1-22(2)29(33(41)36-17-18-43-6)38-32(40)25(20-24-15-16-28(44-7)31(46-9)30(24)45-8)21-27(39)26(19-23-13-11-10-12-14-23)37-34(42)47-35(3,4)5/h10-16,22,25-27,29,39H,17-21H2,1-9H3,(H,36,41)(H,37,42)(H,38,40)/t25?,26-,27-,29-/m0/s1. The molecule has 12 nitrogen and oxygen atoms in total. The molecule has 12 heteroatoms. The van der Waals surface area contributed by atoms with Crippen LogP contribution in [0, 0.1) is 11.8 Å². The normalized spacial score (nSPS) is 13.9. The van der Waals surface area contributed by atoms with E-state index in [1.165, 1.54) is 28.4 Å². The van der Waals surface area contributed by atoms with Gasteiger partial charge in [-0.2, -0.15) is 0 Å². The fourth-order valence-corrected chi connectivity index (χ4v) is 5.13. The van der Waals surface area contributed by atoms with E-state index in [9.17, 15) is 19.5 Å². The number of alkyl carbamates (subject to hydrolysis) is 1. The van der Waals surface area contributed by atoms with E-state index in [-0.39, 0.29) is 37.6 Å². The second-order valence-corrected chi connectivity index (χ2v) is 12.7. The molecule has 0 radical (unpaired) electrons. The van der Waals surface area contributed by atoms with Gasteiger partial charge in [-0.3, -0.25) is 9.59 Å². The average Bonchev–Trinajstić information content (AvgIpc) is 3.01. The lowest BCUT2D eigenvalue weighted by Crippen LogP contribution is -2.53. The van der Waals surface area contributed by atoms with Crippen molar-refractivity contribution >= 4 is 17.9 Å². The van der Waals surface area contributed by atoms with E-state index < -0.39 is 41.7 Å². The fourth-order valence-electron chi connectivity index (χ4n) is 5.13. The molecule has 0 aliphatic rings. The second-order valence-electron chi connectivity index (χ2n) is 12.7. The largest absolute Gasteiger partial charge is 0.493 e. The molecule has 4 atom stereocenters. The zero-order chi connectivity index (χ0) is 35.1. The van der Waals surface area contributed by atoms with Crippen molar-refractivity contribution in [2.45, 2.75) is 77.7 Å². The third-order valence-corrected chi connectivity index (χ3v) is 7.47. The number of aliphatic hydroxyl groups excluding tert-OH is 1. The molecule has 0 spiro atoms. The van der Waals surface area contributed by atoms with Crippen molar-refractivity contribution < 1.29 is 43.2 Å². The molecule has 0 fully saturated rings. The minimum absolute atomic E-state index is 0.0628. The molecule has 0 bridgehead atoms. The number of methoxy groups -OCH3 is 4. The van der Waals surface area contributed by atoms with Crippen molar-refractivity contribution in [1.29, 1.82) is 0 Å². The molecule has 0 aromatic heterocycles. The maximum Gasteiger partial charge on any atom is 0.407 e. The van der Waals surface area contributed by atoms with E-state index >= 15 is 0 Å². The third kappa shape index (κ3) is 12.6. The first-order valence-electron chi connectivity index (χ1n) is 15.8. The van der Waals surface area contributed by atoms with Crippen LogP contribution in [0.15, 0.2) is 42.5 Å². The van der Waals surface area contributed by atoms with Gasteiger partial charge in [-0.1, -0.05) is 50.2 Å². The van der Waals surface area contributed by atoms with Gasteiger partial charge in [0, 0.05) is 19.6 Å². The van der Waals surface area contributed by atoms with Crippen molar-refractivity contribution in [3.63, 3.8) is 0 Å². The van der Waals surface area contributed by atoms with Crippen LogP contribution in [0.5, 0.6) is 17.2 Å². The van der Waals surface area contributed by atoms with Crippen LogP contribution in [0.4, 0.5) is 4.79 Å². The lowest BCUT2D eigenvalue weighted by Gasteiger charge is -2.30. The van der Waals surface area contributed by atoms with Gasteiger partial charge in [0.2, 0.25) is 17.6 Å². The average molecular weight is 660 g/mol. The minimum Gasteiger partial charge on any atom is -0.493 e. The number of benzene rings is 2. The molecule has 0 aliphatic heterocycles. The number of ether oxygens (including phenoxy) is 5. The van der Waals surface area contributed by atoms with Gasteiger partial charge in [-0.25, -0.2) is 4.79 Å². The Bertz CT molecular complexity index is 1280. The van der Waals surface area contributed by atoms with Crippen LogP contribution in [0.2, 0.25) is 0 Å². The smallest absolute Gasteiger partial charge is 0.407 e. The molecule has 4 N–H and O–H groups in total. The number of hydrogen-bond acceptors (Lipinski definition) is 9. The Kier molecular flexibility index (Phi) is 15.8. The van der Waals surface area contributed by atoms with Crippen LogP contribution in [-0.4, -0.2) is 88.4 Å². The quantitative estimate of drug-likeness (QED) is 0.176. The summed E-state index contributed by atoms with van der Waals surface area (Å²) < 4.78 is 27.2. The molecule has 2 aromatic carbocycles. The summed E-state index contributed by atoms with van der Waals surface area (Å²) in [6, 6.07) is 11.2. The van der Waals surface area contributed by atoms with Gasteiger partial charge < -0.3 is 44.7 Å². The minimum atomic E-state index is -1.18. The van der Waals surface area contributed by atoms with Crippen LogP contribution >= 0.6 is 0 Å². The predicted molar refractivity (Wildman–Crippen MR) is 179 cm³/mol. The van der Waals surface area contributed by atoms with Crippen molar-refractivity contribution in [3.05, 3.63) is 53.6 Å². The molecule has 0 heterocycles. The highest BCUT2D eigenvalue weighted by molar-refractivity contribution is 5.89. The number of hydrogen-bond donors (Lipinski definition) is 4. The molecule has 2 rings (SSSR count). The molecule has 2 aromatic rings. The Hall–Kier alpha value is -4.03. The topological polar surface area (TPSA) is 154 Å². The van der Waals surface area contributed by atoms with Gasteiger partial charge in [0.25, 0.3) is 0 Å². The summed E-state index contributed by atoms with van der Waals surface area (Å²) in [4.78, 5) is 40.0. The second kappa shape index (κ2) is 19.0. The molecule has 0 saturated carbocycles. The van der Waals surface area contributed by atoms with E-state index in [4.69, 9.17) is 23.7 Å². The molecular weight excluding hydrogens is 606 g/mol. The Balaban J connectivity index is 2.49. The molecule has 0 aliphatic carbocycles. The summed E-state index contributed by atoms with van der Waals surface area (Å²) in [5.41, 5.74) is 0.750. The Morgan fingerprint density at radius 2 is 1.49 bits per heavy atom. The Labute approximate surface area is 278 Å². The van der Waals surface area contributed by atoms with E-state index in [1.807, 2.05) is 44.2 Å². The summed E-state index contributed by atoms with van der Waals surface area (Å²) in [6.45, 7) is 9.54. The van der Waals surface area contributed by atoms with Crippen molar-refractivity contribution in [2.24, 2.45) is 11.8 Å². The molecule has 1 unspecified atom stereocenters. The van der Waals surface area contributed by atoms with E-state index in [2.05, 4.69) is 16.0 Å². The number of rotatable bonds is 18. The number of nitrogens with one attached hydrogen (secondary N) is 3. The van der Waals surface area contributed by atoms with Crippen molar-refractivity contribution in [3.8, 4) is 17.2 Å². The molecule has 47 heavy (non-hydrogen) atoms. The van der Waals surface area contributed by atoms with E-state index in [0.717, 1.165) is 5.56 Å². The number of amides is 3. The molecule has 0 saturated heterocycles. The summed E-state index contributed by atoms with van der Waals surface area (Å²) >= 11 is 0. The number of carbonyl (C=O) groups excluding carboxylic acids is 3. The number of carbonyl (C=O) groups is 3. The van der Waals surface area contributed by atoms with Gasteiger partial charge in [0.15, 0.2) is 11.5 Å². The van der Waals surface area contributed by atoms with Crippen LogP contribution in [0.3, 0.4) is 0 Å². The molecular formula is C35H53N3O9. The maximum atomic E-state index is 14.1. The summed E-state index contributed by atoms with van der Waals surface area (Å²) in [5, 5.41) is 20.2. The first-order valence-corrected chi connectivity index (χ1v) is 15.8. The van der Waals surface area contributed by atoms with Crippen LogP contribution in [0.1, 0.15) is 52.2 Å². The van der Waals surface area contributed by atoms with Crippen LogP contribution < -0.4 is 30.2 Å². The fraction of sp³-hybridized carbons (Fsp3) is 0.571. The first kappa shape index (κ1) is 39.1. The van der Waals surface area contributed by atoms with Gasteiger partial charge in [0.1, 0.15) is 11.6 Å². The number of aliphatic hydroxyl groups is 1. The summed E-state index contributed by atoms with van der Waals surface area (Å²) in [5.74, 6) is -0.695. The van der Waals surface area contributed by atoms with Gasteiger partial charge in [-0.05, 0) is 63.1 Å². The molecule has 262 valence electrons. The van der Waals surface area contributed by atoms with Gasteiger partial charge in [-0.15, -0.1) is 0 Å². The van der Waals surface area contributed by atoms with Crippen molar-refractivity contribution in [1.82, 2.24) is 16.0 Å². The highest BCUT2D eigenvalue weighted by atomic mass is 16.6. The Morgan fingerprint density at radius 1 is 0.830 bits per heavy atom. The van der Waals surface area contributed by atoms with Crippen LogP contribution in [0.25, 0.3) is 0 Å². The van der Waals surface area contributed by atoms with Gasteiger partial charge >= 0.3 is 6.09 Å². The van der Waals surface area contributed by atoms with E-state index in [1.54, 1.807) is 32.9 Å². The third-order valence-electron chi connectivity index (χ3n) is 7.47. The Morgan fingerprint density at radius 3 is 2.04 bits per heavy atom. The van der Waals surface area contributed by atoms with Gasteiger partial charge in [0.05, 0.1) is 40.1 Å². The van der Waals surface area contributed by atoms with Crippen LogP contribution in [-0.2, 0) is 31.9 Å². The highest BCUT2D eigenvalue weighted by Crippen LogP contribution is 2.41. The maximum absolute atomic E-state index is 14.1. The lowest BCUT2D eigenvalue weighted by molar-refractivity contribution is -0.132. The van der Waals surface area contributed by atoms with Crippen molar-refractivity contribution in [2.75, 3.05) is 41.6 Å². The zero-order valence-electron chi connectivity index (χ0n) is 29.2. The SMILES string of the molecule is COCCNC(=O)[C@@H](NC(=O)C(Cc1ccc(OC)c(OC)c1OC)C[C@H](O)[C@H](Cc1ccccc1)NC(=O)OC(C)(C)C)C(C)C.